The van der Waals surface area contributed by atoms with E-state index in [0.717, 1.165) is 6.26 Å². The summed E-state index contributed by atoms with van der Waals surface area (Å²) in [6, 6.07) is 0.430. The number of sulfone groups is 1. The van der Waals surface area contributed by atoms with E-state index in [1.54, 1.807) is 4.98 Å². The van der Waals surface area contributed by atoms with Crippen molar-refractivity contribution in [2.24, 2.45) is 0 Å². The van der Waals surface area contributed by atoms with Gasteiger partial charge in [0.2, 0.25) is 5.91 Å². The first-order valence-corrected chi connectivity index (χ1v) is 6.82. The van der Waals surface area contributed by atoms with E-state index in [-0.39, 0.29) is 0 Å². The molecule has 10 heteroatoms. The van der Waals surface area contributed by atoms with Gasteiger partial charge in [-0.05, 0) is 6.07 Å². The molecule has 0 bridgehead atoms. The summed E-state index contributed by atoms with van der Waals surface area (Å²) < 4.78 is 58.8. The quantitative estimate of drug-likeness (QED) is 0.843. The molecule has 0 saturated carbocycles. The Labute approximate surface area is 105 Å². The number of aromatic amines is 1. The topological polar surface area (TPSA) is 96.1 Å². The Morgan fingerprint density at radius 3 is 2.47 bits per heavy atom. The molecule has 0 aliphatic rings. The van der Waals surface area contributed by atoms with Crippen molar-refractivity contribution in [2.75, 3.05) is 17.3 Å². The van der Waals surface area contributed by atoms with Crippen molar-refractivity contribution < 1.29 is 26.4 Å². The van der Waals surface area contributed by atoms with Gasteiger partial charge in [0.25, 0.3) is 5.56 Å². The van der Waals surface area contributed by atoms with Gasteiger partial charge in [-0.25, -0.2) is 8.42 Å². The molecule has 0 fully saturated rings. The SMILES string of the molecule is CS(=O)(=O)CC(=O)Nc1cc(C(F)(F)F)c[nH]c1=O. The van der Waals surface area contributed by atoms with Crippen molar-refractivity contribution >= 4 is 21.4 Å². The maximum absolute atomic E-state index is 12.4. The fourth-order valence-corrected chi connectivity index (χ4v) is 1.71. The summed E-state index contributed by atoms with van der Waals surface area (Å²) in [6.07, 6.45) is -3.46. The van der Waals surface area contributed by atoms with E-state index in [1.165, 1.54) is 0 Å². The second-order valence-corrected chi connectivity index (χ2v) is 5.89. The zero-order valence-corrected chi connectivity index (χ0v) is 10.4. The molecule has 19 heavy (non-hydrogen) atoms. The van der Waals surface area contributed by atoms with E-state index in [0.29, 0.717) is 12.3 Å². The highest BCUT2D eigenvalue weighted by Gasteiger charge is 2.31. The number of hydrogen-bond acceptors (Lipinski definition) is 4. The number of aromatic nitrogens is 1. The summed E-state index contributed by atoms with van der Waals surface area (Å²) in [7, 11) is -3.64. The van der Waals surface area contributed by atoms with E-state index >= 15 is 0 Å². The average Bonchev–Trinajstić information content (AvgIpc) is 2.16. The highest BCUT2D eigenvalue weighted by atomic mass is 32.2. The average molecular weight is 298 g/mol. The number of carbonyl (C=O) groups is 1. The van der Waals surface area contributed by atoms with E-state index in [2.05, 4.69) is 0 Å². The van der Waals surface area contributed by atoms with Gasteiger partial charge in [0.05, 0.1) is 5.56 Å². The lowest BCUT2D eigenvalue weighted by molar-refractivity contribution is -0.137. The van der Waals surface area contributed by atoms with Crippen molar-refractivity contribution in [1.82, 2.24) is 4.98 Å². The monoisotopic (exact) mass is 298 g/mol. The lowest BCUT2D eigenvalue weighted by atomic mass is 10.2. The number of amides is 1. The van der Waals surface area contributed by atoms with E-state index in [1.807, 2.05) is 5.32 Å². The lowest BCUT2D eigenvalue weighted by Gasteiger charge is -2.08. The van der Waals surface area contributed by atoms with Crippen molar-refractivity contribution in [3.05, 3.63) is 28.2 Å². The molecule has 106 valence electrons. The van der Waals surface area contributed by atoms with E-state index in [4.69, 9.17) is 0 Å². The van der Waals surface area contributed by atoms with Gasteiger partial charge in [0.15, 0.2) is 9.84 Å². The molecule has 1 aromatic heterocycles. The van der Waals surface area contributed by atoms with Crippen LogP contribution in [0.1, 0.15) is 5.56 Å². The number of halogens is 3. The standard InChI is InChI=1S/C9H9F3N2O4S/c1-19(17,18)4-7(15)14-6-2-5(9(10,11)12)3-13-8(6)16/h2-3H,4H2,1H3,(H,13,16)(H,14,15). The van der Waals surface area contributed by atoms with Crippen molar-refractivity contribution in [3.63, 3.8) is 0 Å². The maximum Gasteiger partial charge on any atom is 0.417 e. The smallest absolute Gasteiger partial charge is 0.327 e. The summed E-state index contributed by atoms with van der Waals surface area (Å²) in [5.74, 6) is -2.02. The molecular weight excluding hydrogens is 289 g/mol. The Bertz CT molecular complexity index is 648. The third-order valence-electron chi connectivity index (χ3n) is 1.90. The van der Waals surface area contributed by atoms with Crippen LogP contribution in [-0.2, 0) is 20.8 Å². The maximum atomic E-state index is 12.4. The van der Waals surface area contributed by atoms with Gasteiger partial charge >= 0.3 is 6.18 Å². The molecule has 0 aliphatic carbocycles. The number of carbonyl (C=O) groups excluding carboxylic acids is 1. The summed E-state index contributed by atoms with van der Waals surface area (Å²) in [5.41, 5.74) is -2.79. The van der Waals surface area contributed by atoms with Crippen molar-refractivity contribution in [3.8, 4) is 0 Å². The van der Waals surface area contributed by atoms with Crippen LogP contribution in [0.15, 0.2) is 17.1 Å². The van der Waals surface area contributed by atoms with Crippen LogP contribution in [0.25, 0.3) is 0 Å². The van der Waals surface area contributed by atoms with Crippen LogP contribution in [0.3, 0.4) is 0 Å². The fourth-order valence-electron chi connectivity index (χ4n) is 1.16. The van der Waals surface area contributed by atoms with Crippen LogP contribution in [0.5, 0.6) is 0 Å². The van der Waals surface area contributed by atoms with Crippen LogP contribution in [0.4, 0.5) is 18.9 Å². The van der Waals surface area contributed by atoms with Crippen LogP contribution in [0, 0.1) is 0 Å². The van der Waals surface area contributed by atoms with Gasteiger partial charge < -0.3 is 10.3 Å². The highest BCUT2D eigenvalue weighted by Crippen LogP contribution is 2.29. The summed E-state index contributed by atoms with van der Waals surface area (Å²) >= 11 is 0. The third kappa shape index (κ3) is 4.73. The van der Waals surface area contributed by atoms with Gasteiger partial charge in [-0.15, -0.1) is 0 Å². The second kappa shape index (κ2) is 5.03. The first-order chi connectivity index (χ1) is 8.49. The van der Waals surface area contributed by atoms with E-state index in [9.17, 15) is 31.2 Å². The minimum atomic E-state index is -4.69. The normalized spacial score (nSPS) is 12.2. The molecule has 1 heterocycles. The molecule has 0 radical (unpaired) electrons. The number of hydrogen-bond donors (Lipinski definition) is 2. The zero-order valence-electron chi connectivity index (χ0n) is 9.54. The Morgan fingerprint density at radius 1 is 1.42 bits per heavy atom. The Hall–Kier alpha value is -1.84. The highest BCUT2D eigenvalue weighted by molar-refractivity contribution is 7.91. The minimum absolute atomic E-state index is 0.430. The van der Waals surface area contributed by atoms with Crippen molar-refractivity contribution in [1.29, 1.82) is 0 Å². The third-order valence-corrected chi connectivity index (χ3v) is 2.68. The van der Waals surface area contributed by atoms with Gasteiger partial charge in [-0.2, -0.15) is 13.2 Å². The molecule has 6 nitrogen and oxygen atoms in total. The molecule has 0 atom stereocenters. The molecule has 0 unspecified atom stereocenters. The van der Waals surface area contributed by atoms with Gasteiger partial charge in [-0.1, -0.05) is 0 Å². The Kier molecular flexibility index (Phi) is 4.03. The molecule has 0 aliphatic heterocycles. The predicted octanol–water partition coefficient (Wildman–Crippen LogP) is 0.377. The first kappa shape index (κ1) is 15.2. The molecular formula is C9H9F3N2O4S. The minimum Gasteiger partial charge on any atom is -0.327 e. The molecule has 0 spiro atoms. The van der Waals surface area contributed by atoms with Crippen molar-refractivity contribution in [2.45, 2.75) is 6.18 Å². The Balaban J connectivity index is 3.02. The summed E-state index contributed by atoms with van der Waals surface area (Å²) in [4.78, 5) is 24.2. The molecule has 0 aromatic carbocycles. The van der Waals surface area contributed by atoms with Crippen LogP contribution >= 0.6 is 0 Å². The molecule has 0 saturated heterocycles. The number of rotatable bonds is 3. The molecule has 1 rings (SSSR count). The predicted molar refractivity (Wildman–Crippen MR) is 60.4 cm³/mol. The van der Waals surface area contributed by atoms with Gasteiger partial charge in [-0.3, -0.25) is 9.59 Å². The van der Waals surface area contributed by atoms with Crippen LogP contribution in [0.2, 0.25) is 0 Å². The number of alkyl halides is 3. The number of anilines is 1. The van der Waals surface area contributed by atoms with Crippen LogP contribution < -0.4 is 10.9 Å². The van der Waals surface area contributed by atoms with Gasteiger partial charge in [0.1, 0.15) is 11.4 Å². The summed E-state index contributed by atoms with van der Waals surface area (Å²) in [5, 5.41) is 1.82. The zero-order chi connectivity index (χ0) is 14.8. The number of pyridine rings is 1. The lowest BCUT2D eigenvalue weighted by Crippen LogP contribution is -2.26. The fraction of sp³-hybridized carbons (Fsp3) is 0.333. The molecule has 1 aromatic rings. The number of H-pyrrole nitrogens is 1. The van der Waals surface area contributed by atoms with Gasteiger partial charge in [0, 0.05) is 12.5 Å². The largest absolute Gasteiger partial charge is 0.417 e. The second-order valence-electron chi connectivity index (χ2n) is 3.75. The molecule has 1 amide bonds. The number of nitrogens with one attached hydrogen (secondary N) is 2. The first-order valence-electron chi connectivity index (χ1n) is 4.76. The van der Waals surface area contributed by atoms with Crippen LogP contribution in [-0.4, -0.2) is 31.3 Å². The molecule has 2 N–H and O–H groups in total. The van der Waals surface area contributed by atoms with E-state index < -0.39 is 44.5 Å². The Morgan fingerprint density at radius 2 is 2.00 bits per heavy atom. The summed E-state index contributed by atoms with van der Waals surface area (Å²) in [6.45, 7) is 0.